The van der Waals surface area contributed by atoms with Crippen LogP contribution in [0.5, 0.6) is 5.75 Å². The number of carbonyl (C=O) groups is 2. The number of anilines is 1. The van der Waals surface area contributed by atoms with Crippen LogP contribution in [0.15, 0.2) is 53.5 Å². The van der Waals surface area contributed by atoms with Crippen molar-refractivity contribution in [2.24, 2.45) is 0 Å². The first-order valence-electron chi connectivity index (χ1n) is 7.74. The van der Waals surface area contributed by atoms with Gasteiger partial charge in [0.05, 0.1) is 36.4 Å². The number of benzene rings is 2. The van der Waals surface area contributed by atoms with Gasteiger partial charge in [-0.1, -0.05) is 18.2 Å². The summed E-state index contributed by atoms with van der Waals surface area (Å²) in [4.78, 5) is 40.0. The summed E-state index contributed by atoms with van der Waals surface area (Å²) in [5.41, 5.74) is 0.444. The van der Waals surface area contributed by atoms with Crippen molar-refractivity contribution in [1.29, 1.82) is 0 Å². The molecule has 1 amide bonds. The third-order valence-corrected chi connectivity index (χ3v) is 3.92. The second kappa shape index (κ2) is 7.10. The predicted molar refractivity (Wildman–Crippen MR) is 96.9 cm³/mol. The Bertz CT molecular complexity index is 1060. The first-order valence-corrected chi connectivity index (χ1v) is 7.74. The quantitative estimate of drug-likeness (QED) is 0.704. The van der Waals surface area contributed by atoms with Crippen LogP contribution in [0.2, 0.25) is 0 Å². The Hall–Kier alpha value is -3.61. The molecule has 0 spiro atoms. The molecule has 3 rings (SSSR count). The molecule has 7 nitrogen and oxygen atoms in total. The van der Waals surface area contributed by atoms with E-state index >= 15 is 0 Å². The Morgan fingerprint density at radius 1 is 1.00 bits per heavy atom. The van der Waals surface area contributed by atoms with Gasteiger partial charge in [0.2, 0.25) is 5.43 Å². The number of carbonyl (C=O) groups excluding carboxylic acids is 2. The molecule has 0 aliphatic rings. The number of pyridine rings is 1. The first-order chi connectivity index (χ1) is 12.6. The summed E-state index contributed by atoms with van der Waals surface area (Å²) in [5, 5.41) is 2.92. The number of aromatic nitrogens is 1. The highest BCUT2D eigenvalue weighted by Gasteiger charge is 2.18. The van der Waals surface area contributed by atoms with Gasteiger partial charge in [-0.3, -0.25) is 9.59 Å². The van der Waals surface area contributed by atoms with Gasteiger partial charge < -0.3 is 19.8 Å². The lowest BCUT2D eigenvalue weighted by Crippen LogP contribution is -2.23. The van der Waals surface area contributed by atoms with Crippen LogP contribution in [-0.4, -0.2) is 31.1 Å². The van der Waals surface area contributed by atoms with Crippen molar-refractivity contribution in [1.82, 2.24) is 4.98 Å². The van der Waals surface area contributed by atoms with E-state index in [1.54, 1.807) is 36.4 Å². The van der Waals surface area contributed by atoms with Gasteiger partial charge in [0.25, 0.3) is 5.91 Å². The fourth-order valence-electron chi connectivity index (χ4n) is 2.63. The van der Waals surface area contributed by atoms with Crippen LogP contribution in [0.3, 0.4) is 0 Å². The van der Waals surface area contributed by atoms with Crippen LogP contribution in [0.4, 0.5) is 5.69 Å². The number of para-hydroxylation sites is 2. The fraction of sp³-hybridized carbons (Fsp3) is 0.105. The normalized spacial score (nSPS) is 10.4. The maximum atomic E-state index is 12.7. The molecule has 1 aromatic heterocycles. The van der Waals surface area contributed by atoms with E-state index in [4.69, 9.17) is 9.47 Å². The maximum Gasteiger partial charge on any atom is 0.339 e. The Kier molecular flexibility index (Phi) is 4.70. The highest BCUT2D eigenvalue weighted by Crippen LogP contribution is 2.21. The van der Waals surface area contributed by atoms with Crippen molar-refractivity contribution in [3.05, 3.63) is 70.0 Å². The molecule has 0 saturated carbocycles. The molecule has 2 aromatic carbocycles. The van der Waals surface area contributed by atoms with Gasteiger partial charge in [-0.15, -0.1) is 0 Å². The Morgan fingerprint density at radius 2 is 1.77 bits per heavy atom. The van der Waals surface area contributed by atoms with Gasteiger partial charge >= 0.3 is 5.97 Å². The number of fused-ring (bicyclic) bond motifs is 1. The molecule has 1 heterocycles. The van der Waals surface area contributed by atoms with E-state index in [0.29, 0.717) is 16.7 Å². The van der Waals surface area contributed by atoms with Gasteiger partial charge in [0, 0.05) is 6.20 Å². The molecule has 0 saturated heterocycles. The number of methoxy groups -OCH3 is 2. The second-order valence-electron chi connectivity index (χ2n) is 5.41. The highest BCUT2D eigenvalue weighted by atomic mass is 16.5. The van der Waals surface area contributed by atoms with Crippen molar-refractivity contribution >= 4 is 28.5 Å². The van der Waals surface area contributed by atoms with E-state index in [1.165, 1.54) is 26.5 Å². The molecular formula is C19H16N2O5. The lowest BCUT2D eigenvalue weighted by atomic mass is 10.1. The molecule has 0 atom stereocenters. The van der Waals surface area contributed by atoms with Crippen molar-refractivity contribution in [3.63, 3.8) is 0 Å². The number of hydrogen-bond acceptors (Lipinski definition) is 5. The molecule has 26 heavy (non-hydrogen) atoms. The minimum atomic E-state index is -0.632. The van der Waals surface area contributed by atoms with E-state index in [9.17, 15) is 14.4 Å². The molecule has 0 radical (unpaired) electrons. The molecule has 0 fully saturated rings. The number of esters is 1. The number of rotatable bonds is 4. The number of H-pyrrole nitrogens is 1. The smallest absolute Gasteiger partial charge is 0.339 e. The summed E-state index contributed by atoms with van der Waals surface area (Å²) >= 11 is 0. The lowest BCUT2D eigenvalue weighted by molar-refractivity contribution is 0.0602. The topological polar surface area (TPSA) is 97.5 Å². The fourth-order valence-corrected chi connectivity index (χ4v) is 2.63. The summed E-state index contributed by atoms with van der Waals surface area (Å²) in [7, 11) is 2.75. The minimum absolute atomic E-state index is 0.0783. The number of aromatic amines is 1. The van der Waals surface area contributed by atoms with Crippen molar-refractivity contribution in [3.8, 4) is 5.75 Å². The Morgan fingerprint density at radius 3 is 2.50 bits per heavy atom. The van der Waals surface area contributed by atoms with Gasteiger partial charge in [-0.2, -0.15) is 0 Å². The van der Waals surface area contributed by atoms with Crippen molar-refractivity contribution < 1.29 is 19.1 Å². The molecule has 0 bridgehead atoms. The Labute approximate surface area is 148 Å². The van der Waals surface area contributed by atoms with Crippen molar-refractivity contribution in [2.45, 2.75) is 0 Å². The van der Waals surface area contributed by atoms with Crippen LogP contribution < -0.4 is 15.5 Å². The summed E-state index contributed by atoms with van der Waals surface area (Å²) in [6.07, 6.45) is 1.32. The zero-order valence-corrected chi connectivity index (χ0v) is 14.2. The van der Waals surface area contributed by atoms with E-state index < -0.39 is 17.3 Å². The van der Waals surface area contributed by atoms with Gasteiger partial charge in [0.1, 0.15) is 11.3 Å². The molecule has 0 unspecified atom stereocenters. The number of nitrogens with one attached hydrogen (secondary N) is 2. The van der Waals surface area contributed by atoms with E-state index in [1.807, 2.05) is 0 Å². The zero-order valence-electron chi connectivity index (χ0n) is 14.2. The van der Waals surface area contributed by atoms with Gasteiger partial charge in [0.15, 0.2) is 0 Å². The van der Waals surface area contributed by atoms with E-state index in [-0.39, 0.29) is 16.8 Å². The lowest BCUT2D eigenvalue weighted by Gasteiger charge is -2.10. The second-order valence-corrected chi connectivity index (χ2v) is 5.41. The molecule has 3 aromatic rings. The predicted octanol–water partition coefficient (Wildman–Crippen LogP) is 2.58. The number of hydrogen-bond donors (Lipinski definition) is 2. The summed E-state index contributed by atoms with van der Waals surface area (Å²) in [5.74, 6) is -0.715. The zero-order chi connectivity index (χ0) is 18.7. The summed E-state index contributed by atoms with van der Waals surface area (Å²) < 4.78 is 9.91. The summed E-state index contributed by atoms with van der Waals surface area (Å²) in [6, 6.07) is 11.4. The number of amides is 1. The first kappa shape index (κ1) is 17.2. The highest BCUT2D eigenvalue weighted by molar-refractivity contribution is 6.09. The molecule has 0 aliphatic carbocycles. The average Bonchev–Trinajstić information content (AvgIpc) is 2.67. The molecular weight excluding hydrogens is 336 g/mol. The minimum Gasteiger partial charge on any atom is -0.495 e. The molecule has 132 valence electrons. The monoisotopic (exact) mass is 352 g/mol. The molecule has 2 N–H and O–H groups in total. The molecule has 0 aliphatic heterocycles. The average molecular weight is 352 g/mol. The van der Waals surface area contributed by atoms with E-state index in [2.05, 4.69) is 10.3 Å². The van der Waals surface area contributed by atoms with E-state index in [0.717, 1.165) is 0 Å². The van der Waals surface area contributed by atoms with Crippen LogP contribution in [0.25, 0.3) is 10.9 Å². The van der Waals surface area contributed by atoms with Crippen LogP contribution >= 0.6 is 0 Å². The molecule has 7 heteroatoms. The third kappa shape index (κ3) is 3.02. The standard InChI is InChI=1S/C19H16N2O5/c1-25-15-9-5-7-12-16(15)20-10-13(17(12)22)18(23)21-14-8-4-3-6-11(14)19(24)26-2/h3-10H,1-2H3,(H,20,22)(H,21,23). The summed E-state index contributed by atoms with van der Waals surface area (Å²) in [6.45, 7) is 0. The number of ether oxygens (including phenoxy) is 2. The van der Waals surface area contributed by atoms with Crippen molar-refractivity contribution in [2.75, 3.05) is 19.5 Å². The van der Waals surface area contributed by atoms with Gasteiger partial charge in [-0.05, 0) is 24.3 Å². The van der Waals surface area contributed by atoms with Crippen LogP contribution in [0, 0.1) is 0 Å². The Balaban J connectivity index is 2.01. The van der Waals surface area contributed by atoms with Gasteiger partial charge in [-0.25, -0.2) is 4.79 Å². The third-order valence-electron chi connectivity index (χ3n) is 3.92. The van der Waals surface area contributed by atoms with Crippen LogP contribution in [0.1, 0.15) is 20.7 Å². The maximum absolute atomic E-state index is 12.7. The largest absolute Gasteiger partial charge is 0.495 e. The SMILES string of the molecule is COC(=O)c1ccccc1NC(=O)c1c[nH]c2c(OC)cccc2c1=O. The van der Waals surface area contributed by atoms with Crippen LogP contribution in [-0.2, 0) is 4.74 Å².